The van der Waals surface area contributed by atoms with E-state index < -0.39 is 23.9 Å². The minimum atomic E-state index is -4.44. The molecule has 0 aliphatic rings. The molecule has 1 unspecified atom stereocenters. The van der Waals surface area contributed by atoms with Gasteiger partial charge in [-0.15, -0.1) is 0 Å². The van der Waals surface area contributed by atoms with E-state index in [1.807, 2.05) is 0 Å². The summed E-state index contributed by atoms with van der Waals surface area (Å²) in [4.78, 5) is 11.9. The Morgan fingerprint density at radius 3 is 2.25 bits per heavy atom. The summed E-state index contributed by atoms with van der Waals surface area (Å²) >= 11 is 0. The highest BCUT2D eigenvalue weighted by Crippen LogP contribution is 2.30. The van der Waals surface area contributed by atoms with Crippen molar-refractivity contribution in [3.63, 3.8) is 0 Å². The van der Waals surface area contributed by atoms with E-state index in [0.29, 0.717) is 11.5 Å². The molecule has 3 N–H and O–H groups in total. The molecule has 0 fully saturated rings. The van der Waals surface area contributed by atoms with Crippen molar-refractivity contribution >= 4 is 6.03 Å². The average molecular weight is 398 g/mol. The third-order valence-electron chi connectivity index (χ3n) is 3.98. The minimum absolute atomic E-state index is 0.150. The molecule has 0 saturated heterocycles. The van der Waals surface area contributed by atoms with E-state index in [2.05, 4.69) is 10.6 Å². The third-order valence-corrected chi connectivity index (χ3v) is 3.98. The predicted molar refractivity (Wildman–Crippen MR) is 96.2 cm³/mol. The smallest absolute Gasteiger partial charge is 0.416 e. The van der Waals surface area contributed by atoms with Crippen molar-refractivity contribution in [1.29, 1.82) is 0 Å². The highest BCUT2D eigenvalue weighted by atomic mass is 19.4. The molecule has 0 aromatic heterocycles. The Morgan fingerprint density at radius 1 is 1.04 bits per heavy atom. The summed E-state index contributed by atoms with van der Waals surface area (Å²) in [6.45, 7) is 0.0612. The van der Waals surface area contributed by atoms with Crippen molar-refractivity contribution in [3.8, 4) is 11.5 Å². The van der Waals surface area contributed by atoms with Crippen LogP contribution in [0.5, 0.6) is 11.5 Å². The summed E-state index contributed by atoms with van der Waals surface area (Å²) in [6.07, 6.45) is -5.57. The highest BCUT2D eigenvalue weighted by Gasteiger charge is 2.30. The van der Waals surface area contributed by atoms with Crippen LogP contribution in [0.15, 0.2) is 42.5 Å². The maximum absolute atomic E-state index is 12.5. The van der Waals surface area contributed by atoms with Crippen LogP contribution in [-0.2, 0) is 12.7 Å². The van der Waals surface area contributed by atoms with Crippen LogP contribution >= 0.6 is 0 Å². The van der Waals surface area contributed by atoms with Crippen LogP contribution in [0.25, 0.3) is 0 Å². The van der Waals surface area contributed by atoms with Gasteiger partial charge in [0.15, 0.2) is 11.5 Å². The van der Waals surface area contributed by atoms with Gasteiger partial charge in [0.2, 0.25) is 0 Å². The van der Waals surface area contributed by atoms with E-state index in [1.165, 1.54) is 26.4 Å². The quantitative estimate of drug-likeness (QED) is 0.669. The summed E-state index contributed by atoms with van der Waals surface area (Å²) in [6, 6.07) is 8.79. The van der Waals surface area contributed by atoms with E-state index in [9.17, 15) is 23.1 Å². The van der Waals surface area contributed by atoms with Gasteiger partial charge in [-0.1, -0.05) is 18.2 Å². The standard InChI is InChI=1S/C19H21F3N2O4/c1-27-16-8-3-12(9-17(16)28-2)10-23-18(26)24-11-15(25)13-4-6-14(7-5-13)19(20,21)22/h3-9,15,25H,10-11H2,1-2H3,(H2,23,24,26). The van der Waals surface area contributed by atoms with Crippen LogP contribution in [0.1, 0.15) is 22.8 Å². The van der Waals surface area contributed by atoms with Crippen molar-refractivity contribution in [2.75, 3.05) is 20.8 Å². The molecule has 2 aromatic carbocycles. The first-order chi connectivity index (χ1) is 13.2. The summed E-state index contributed by atoms with van der Waals surface area (Å²) in [5, 5.41) is 15.1. The molecule has 2 amide bonds. The summed E-state index contributed by atoms with van der Waals surface area (Å²) in [5.41, 5.74) is 0.244. The maximum Gasteiger partial charge on any atom is 0.416 e. The van der Waals surface area contributed by atoms with Crippen molar-refractivity contribution < 1.29 is 32.5 Å². The molecule has 0 saturated carbocycles. The molecular weight excluding hydrogens is 377 g/mol. The van der Waals surface area contributed by atoms with Gasteiger partial charge in [0.25, 0.3) is 0 Å². The van der Waals surface area contributed by atoms with Gasteiger partial charge >= 0.3 is 12.2 Å². The second-order valence-corrected chi connectivity index (χ2v) is 5.89. The van der Waals surface area contributed by atoms with Gasteiger partial charge in [0.05, 0.1) is 25.9 Å². The number of benzene rings is 2. The second kappa shape index (κ2) is 9.32. The van der Waals surface area contributed by atoms with Crippen molar-refractivity contribution in [2.24, 2.45) is 0 Å². The zero-order chi connectivity index (χ0) is 20.7. The number of methoxy groups -OCH3 is 2. The zero-order valence-corrected chi connectivity index (χ0v) is 15.3. The molecule has 0 heterocycles. The first-order valence-electron chi connectivity index (χ1n) is 8.32. The fourth-order valence-corrected chi connectivity index (χ4v) is 2.44. The van der Waals surface area contributed by atoms with Crippen LogP contribution in [-0.4, -0.2) is 31.9 Å². The lowest BCUT2D eigenvalue weighted by atomic mass is 10.1. The van der Waals surface area contributed by atoms with E-state index in [0.717, 1.165) is 17.7 Å². The molecule has 152 valence electrons. The van der Waals surface area contributed by atoms with E-state index in [-0.39, 0.29) is 18.7 Å². The van der Waals surface area contributed by atoms with Gasteiger partial charge in [-0.2, -0.15) is 13.2 Å². The average Bonchev–Trinajstić information content (AvgIpc) is 2.69. The number of urea groups is 1. The number of hydrogen-bond acceptors (Lipinski definition) is 4. The monoisotopic (exact) mass is 398 g/mol. The lowest BCUT2D eigenvalue weighted by molar-refractivity contribution is -0.137. The van der Waals surface area contributed by atoms with Crippen LogP contribution < -0.4 is 20.1 Å². The molecule has 9 heteroatoms. The summed E-state index contributed by atoms with van der Waals surface area (Å²) < 4.78 is 48.0. The normalized spacial score (nSPS) is 12.2. The van der Waals surface area contributed by atoms with Gasteiger partial charge in [-0.25, -0.2) is 4.79 Å². The van der Waals surface area contributed by atoms with Crippen LogP contribution in [0, 0.1) is 0 Å². The van der Waals surface area contributed by atoms with Crippen LogP contribution in [0.4, 0.5) is 18.0 Å². The summed E-state index contributed by atoms with van der Waals surface area (Å²) in [7, 11) is 3.02. The Bertz CT molecular complexity index is 795. The Balaban J connectivity index is 1.83. The molecule has 0 radical (unpaired) electrons. The molecule has 28 heavy (non-hydrogen) atoms. The Hall–Kier alpha value is -2.94. The fraction of sp³-hybridized carbons (Fsp3) is 0.316. The largest absolute Gasteiger partial charge is 0.493 e. The number of alkyl halides is 3. The lowest BCUT2D eigenvalue weighted by Crippen LogP contribution is -2.37. The molecule has 2 aromatic rings. The summed E-state index contributed by atoms with van der Waals surface area (Å²) in [5.74, 6) is 1.09. The van der Waals surface area contributed by atoms with Crippen molar-refractivity contribution in [2.45, 2.75) is 18.8 Å². The SMILES string of the molecule is COc1ccc(CNC(=O)NCC(O)c2ccc(C(F)(F)F)cc2)cc1OC. The number of nitrogens with one attached hydrogen (secondary N) is 2. The number of ether oxygens (including phenoxy) is 2. The Labute approximate surface area is 160 Å². The molecule has 0 aliphatic heterocycles. The fourth-order valence-electron chi connectivity index (χ4n) is 2.44. The first kappa shape index (κ1) is 21.4. The number of amides is 2. The first-order valence-corrected chi connectivity index (χ1v) is 8.32. The molecule has 0 aliphatic carbocycles. The molecule has 0 spiro atoms. The van der Waals surface area contributed by atoms with E-state index in [1.54, 1.807) is 18.2 Å². The minimum Gasteiger partial charge on any atom is -0.493 e. The molecule has 6 nitrogen and oxygen atoms in total. The molecule has 2 rings (SSSR count). The zero-order valence-electron chi connectivity index (χ0n) is 15.3. The topological polar surface area (TPSA) is 79.8 Å². The maximum atomic E-state index is 12.5. The number of aliphatic hydroxyl groups is 1. The van der Waals surface area contributed by atoms with Crippen LogP contribution in [0.3, 0.4) is 0 Å². The number of carbonyl (C=O) groups excluding carboxylic acids is 1. The number of rotatable bonds is 7. The van der Waals surface area contributed by atoms with Gasteiger partial charge in [0, 0.05) is 13.1 Å². The lowest BCUT2D eigenvalue weighted by Gasteiger charge is -2.14. The van der Waals surface area contributed by atoms with E-state index >= 15 is 0 Å². The van der Waals surface area contributed by atoms with E-state index in [4.69, 9.17) is 9.47 Å². The van der Waals surface area contributed by atoms with Crippen molar-refractivity contribution in [1.82, 2.24) is 10.6 Å². The number of aliphatic hydroxyl groups excluding tert-OH is 1. The number of hydrogen-bond donors (Lipinski definition) is 3. The highest BCUT2D eigenvalue weighted by molar-refractivity contribution is 5.73. The van der Waals surface area contributed by atoms with Crippen molar-refractivity contribution in [3.05, 3.63) is 59.2 Å². The molecule has 1 atom stereocenters. The third kappa shape index (κ3) is 5.78. The van der Waals surface area contributed by atoms with Gasteiger partial charge in [0.1, 0.15) is 0 Å². The van der Waals surface area contributed by atoms with Gasteiger partial charge in [-0.3, -0.25) is 0 Å². The second-order valence-electron chi connectivity index (χ2n) is 5.89. The van der Waals surface area contributed by atoms with Gasteiger partial charge < -0.3 is 25.2 Å². The van der Waals surface area contributed by atoms with Crippen LogP contribution in [0.2, 0.25) is 0 Å². The van der Waals surface area contributed by atoms with Gasteiger partial charge in [-0.05, 0) is 35.4 Å². The number of carbonyl (C=O) groups is 1. The molecule has 0 bridgehead atoms. The Morgan fingerprint density at radius 2 is 1.68 bits per heavy atom. The molecular formula is C19H21F3N2O4. The predicted octanol–water partition coefficient (Wildman–Crippen LogP) is 3.26. The number of halogens is 3. The Kier molecular flexibility index (Phi) is 7.11.